The van der Waals surface area contributed by atoms with E-state index in [0.717, 1.165) is 17.7 Å². The van der Waals surface area contributed by atoms with Crippen molar-refractivity contribution in [3.63, 3.8) is 0 Å². The second-order valence-electron chi connectivity index (χ2n) is 6.67. The van der Waals surface area contributed by atoms with Crippen LogP contribution in [0.15, 0.2) is 43.0 Å². The van der Waals surface area contributed by atoms with E-state index in [9.17, 15) is 9.59 Å². The third kappa shape index (κ3) is 3.51. The zero-order valence-corrected chi connectivity index (χ0v) is 15.0. The summed E-state index contributed by atoms with van der Waals surface area (Å²) in [5.41, 5.74) is 2.46. The van der Waals surface area contributed by atoms with Gasteiger partial charge in [0.15, 0.2) is 0 Å². The smallest absolute Gasteiger partial charge is 0.254 e. The van der Waals surface area contributed by atoms with Gasteiger partial charge in [-0.25, -0.2) is 4.98 Å². The SMILES string of the molecule is CCN1CC(CNC(=O)c2ccc(-c3cnc4nncn4c3)cc2)CC1=O. The third-order valence-electron chi connectivity index (χ3n) is 4.86. The number of carbonyl (C=O) groups excluding carboxylic acids is 2. The van der Waals surface area contributed by atoms with Crippen LogP contribution in [0.25, 0.3) is 16.9 Å². The van der Waals surface area contributed by atoms with Crippen LogP contribution in [0.2, 0.25) is 0 Å². The molecule has 1 unspecified atom stereocenters. The molecule has 8 nitrogen and oxygen atoms in total. The topological polar surface area (TPSA) is 92.5 Å². The third-order valence-corrected chi connectivity index (χ3v) is 4.86. The predicted octanol–water partition coefficient (Wildman–Crippen LogP) is 1.39. The van der Waals surface area contributed by atoms with Crippen LogP contribution in [0.3, 0.4) is 0 Å². The second-order valence-corrected chi connectivity index (χ2v) is 6.67. The van der Waals surface area contributed by atoms with E-state index in [-0.39, 0.29) is 17.7 Å². The average Bonchev–Trinajstić information content (AvgIpc) is 3.31. The van der Waals surface area contributed by atoms with E-state index in [1.54, 1.807) is 29.1 Å². The molecule has 1 aromatic carbocycles. The van der Waals surface area contributed by atoms with E-state index in [4.69, 9.17) is 0 Å². The van der Waals surface area contributed by atoms with Crippen LogP contribution in [0.1, 0.15) is 23.7 Å². The van der Waals surface area contributed by atoms with Crippen LogP contribution >= 0.6 is 0 Å². The van der Waals surface area contributed by atoms with E-state index in [0.29, 0.717) is 30.9 Å². The van der Waals surface area contributed by atoms with Crippen molar-refractivity contribution in [3.8, 4) is 11.1 Å². The Labute approximate surface area is 156 Å². The molecule has 1 fully saturated rings. The molecule has 1 aliphatic heterocycles. The number of rotatable bonds is 5. The van der Waals surface area contributed by atoms with Gasteiger partial charge in [0, 0.05) is 55.5 Å². The molecule has 0 saturated carbocycles. The summed E-state index contributed by atoms with van der Waals surface area (Å²) in [4.78, 5) is 30.2. The monoisotopic (exact) mass is 364 g/mol. The molecule has 1 saturated heterocycles. The van der Waals surface area contributed by atoms with Gasteiger partial charge in [0.1, 0.15) is 6.33 Å². The highest BCUT2D eigenvalue weighted by molar-refractivity contribution is 5.94. The molecular weight excluding hydrogens is 344 g/mol. The van der Waals surface area contributed by atoms with Crippen molar-refractivity contribution in [1.82, 2.24) is 29.8 Å². The lowest BCUT2D eigenvalue weighted by Gasteiger charge is -2.14. The highest BCUT2D eigenvalue weighted by Gasteiger charge is 2.28. The van der Waals surface area contributed by atoms with E-state index in [1.165, 1.54) is 0 Å². The van der Waals surface area contributed by atoms with Gasteiger partial charge in [0.25, 0.3) is 11.7 Å². The fourth-order valence-corrected chi connectivity index (χ4v) is 3.33. The number of amides is 2. The normalized spacial score (nSPS) is 16.9. The van der Waals surface area contributed by atoms with Crippen molar-refractivity contribution in [2.24, 2.45) is 5.92 Å². The van der Waals surface area contributed by atoms with Crippen LogP contribution in [0.5, 0.6) is 0 Å². The maximum Gasteiger partial charge on any atom is 0.254 e. The lowest BCUT2D eigenvalue weighted by atomic mass is 10.1. The first kappa shape index (κ1) is 17.1. The molecule has 138 valence electrons. The van der Waals surface area contributed by atoms with Gasteiger partial charge in [-0.1, -0.05) is 12.1 Å². The van der Waals surface area contributed by atoms with Gasteiger partial charge in [0.2, 0.25) is 5.91 Å². The van der Waals surface area contributed by atoms with Crippen LogP contribution in [-0.2, 0) is 4.79 Å². The molecule has 8 heteroatoms. The minimum Gasteiger partial charge on any atom is -0.352 e. The highest BCUT2D eigenvalue weighted by Crippen LogP contribution is 2.20. The van der Waals surface area contributed by atoms with Crippen molar-refractivity contribution >= 4 is 17.6 Å². The predicted molar refractivity (Wildman–Crippen MR) is 98.9 cm³/mol. The van der Waals surface area contributed by atoms with Gasteiger partial charge in [-0.3, -0.25) is 14.0 Å². The molecule has 27 heavy (non-hydrogen) atoms. The first-order valence-electron chi connectivity index (χ1n) is 8.96. The number of aromatic nitrogens is 4. The van der Waals surface area contributed by atoms with Gasteiger partial charge in [0.05, 0.1) is 0 Å². The number of fused-ring (bicyclic) bond motifs is 1. The fraction of sp³-hybridized carbons (Fsp3) is 0.316. The Kier molecular flexibility index (Phi) is 4.53. The van der Waals surface area contributed by atoms with Gasteiger partial charge < -0.3 is 10.2 Å². The molecule has 0 bridgehead atoms. The summed E-state index contributed by atoms with van der Waals surface area (Å²) in [5.74, 6) is 0.764. The van der Waals surface area contributed by atoms with Crippen LogP contribution in [-0.4, -0.2) is 55.9 Å². The van der Waals surface area contributed by atoms with Crippen molar-refractivity contribution in [3.05, 3.63) is 48.5 Å². The van der Waals surface area contributed by atoms with E-state index >= 15 is 0 Å². The van der Waals surface area contributed by atoms with E-state index in [1.807, 2.05) is 30.2 Å². The zero-order chi connectivity index (χ0) is 18.8. The second kappa shape index (κ2) is 7.14. The molecule has 1 N–H and O–H groups in total. The van der Waals surface area contributed by atoms with Crippen LogP contribution in [0, 0.1) is 5.92 Å². The Hall–Kier alpha value is -3.29. The Balaban J connectivity index is 1.39. The minimum absolute atomic E-state index is 0.128. The van der Waals surface area contributed by atoms with Crippen molar-refractivity contribution in [1.29, 1.82) is 0 Å². The van der Waals surface area contributed by atoms with Crippen molar-refractivity contribution in [2.75, 3.05) is 19.6 Å². The molecule has 4 rings (SSSR count). The maximum absolute atomic E-state index is 12.4. The van der Waals surface area contributed by atoms with Crippen molar-refractivity contribution in [2.45, 2.75) is 13.3 Å². The molecule has 3 heterocycles. The Morgan fingerprint density at radius 2 is 2.07 bits per heavy atom. The Morgan fingerprint density at radius 1 is 1.26 bits per heavy atom. The molecular formula is C19H20N6O2. The minimum atomic E-state index is -0.128. The average molecular weight is 364 g/mol. The number of likely N-dealkylation sites (tertiary alicyclic amines) is 1. The van der Waals surface area contributed by atoms with E-state index in [2.05, 4.69) is 20.5 Å². The highest BCUT2D eigenvalue weighted by atomic mass is 16.2. The van der Waals surface area contributed by atoms with Crippen molar-refractivity contribution < 1.29 is 9.59 Å². The summed E-state index contributed by atoms with van der Waals surface area (Å²) in [6.45, 7) is 3.92. The summed E-state index contributed by atoms with van der Waals surface area (Å²) < 4.78 is 1.75. The lowest BCUT2D eigenvalue weighted by molar-refractivity contribution is -0.127. The van der Waals surface area contributed by atoms with Crippen LogP contribution in [0.4, 0.5) is 0 Å². The molecule has 1 aliphatic rings. The number of carbonyl (C=O) groups is 2. The molecule has 3 aromatic rings. The Bertz CT molecular complexity index is 981. The first-order valence-corrected chi connectivity index (χ1v) is 8.96. The van der Waals surface area contributed by atoms with Gasteiger partial charge in [-0.15, -0.1) is 10.2 Å². The number of benzene rings is 1. The Morgan fingerprint density at radius 3 is 2.81 bits per heavy atom. The number of nitrogens with one attached hydrogen (secondary N) is 1. The summed E-state index contributed by atoms with van der Waals surface area (Å²) in [5, 5.41) is 10.6. The largest absolute Gasteiger partial charge is 0.352 e. The number of hydrogen-bond donors (Lipinski definition) is 1. The summed E-state index contributed by atoms with van der Waals surface area (Å²) in [6.07, 6.45) is 5.73. The van der Waals surface area contributed by atoms with Gasteiger partial charge >= 0.3 is 0 Å². The molecule has 0 spiro atoms. The number of hydrogen-bond acceptors (Lipinski definition) is 5. The molecule has 1 atom stereocenters. The standard InChI is InChI=1S/C19H20N6O2/c1-2-24-10-13(7-17(24)26)8-20-18(27)15-5-3-14(4-6-15)16-9-21-19-23-22-12-25(19)11-16/h3-6,9,11-13H,2,7-8,10H2,1H3,(H,20,27). The molecule has 2 amide bonds. The molecule has 0 radical (unpaired) electrons. The van der Waals surface area contributed by atoms with Gasteiger partial charge in [-0.2, -0.15) is 0 Å². The van der Waals surface area contributed by atoms with Gasteiger partial charge in [-0.05, 0) is 24.6 Å². The fourth-order valence-electron chi connectivity index (χ4n) is 3.33. The first-order chi connectivity index (χ1) is 13.1. The quantitative estimate of drug-likeness (QED) is 0.739. The van der Waals surface area contributed by atoms with Crippen LogP contribution < -0.4 is 5.32 Å². The summed E-state index contributed by atoms with van der Waals surface area (Å²) >= 11 is 0. The summed E-state index contributed by atoms with van der Waals surface area (Å²) in [7, 11) is 0. The summed E-state index contributed by atoms with van der Waals surface area (Å²) in [6, 6.07) is 7.36. The lowest BCUT2D eigenvalue weighted by Crippen LogP contribution is -2.31. The maximum atomic E-state index is 12.4. The molecule has 2 aromatic heterocycles. The number of nitrogens with zero attached hydrogens (tertiary/aromatic N) is 5. The zero-order valence-electron chi connectivity index (χ0n) is 15.0. The van der Waals surface area contributed by atoms with E-state index < -0.39 is 0 Å². The molecule has 0 aliphatic carbocycles.